The molecule has 1 unspecified atom stereocenters. The van der Waals surface area contributed by atoms with E-state index >= 15 is 0 Å². The highest BCUT2D eigenvalue weighted by Crippen LogP contribution is 2.16. The second kappa shape index (κ2) is 7.01. The molecule has 1 aromatic rings. The van der Waals surface area contributed by atoms with E-state index in [0.717, 1.165) is 5.56 Å². The molecular weight excluding hydrogens is 192 g/mol. The van der Waals surface area contributed by atoms with E-state index < -0.39 is 6.10 Å². The average Bonchev–Trinajstić information content (AvgIpc) is 2.30. The molecule has 0 saturated heterocycles. The number of carbonyl (C=O) groups is 1. The SMILES string of the molecule is O=COC[CH][CH][CH]C(O)c1ccccc1. The van der Waals surface area contributed by atoms with Crippen molar-refractivity contribution in [2.75, 3.05) is 6.61 Å². The molecule has 0 bridgehead atoms. The van der Waals surface area contributed by atoms with Crippen LogP contribution in [0.15, 0.2) is 30.3 Å². The first-order valence-corrected chi connectivity index (χ1v) is 4.63. The monoisotopic (exact) mass is 205 g/mol. The van der Waals surface area contributed by atoms with Gasteiger partial charge in [-0.2, -0.15) is 0 Å². The fourth-order valence-corrected chi connectivity index (χ4v) is 1.10. The van der Waals surface area contributed by atoms with Gasteiger partial charge in [-0.1, -0.05) is 30.3 Å². The van der Waals surface area contributed by atoms with Crippen molar-refractivity contribution < 1.29 is 14.6 Å². The number of ether oxygens (including phenoxy) is 1. The minimum Gasteiger partial charge on any atom is -0.468 e. The fourth-order valence-electron chi connectivity index (χ4n) is 1.10. The number of unbranched alkanes of at least 4 members (excludes halogenated alkanes) is 1. The lowest BCUT2D eigenvalue weighted by atomic mass is 10.0. The van der Waals surface area contributed by atoms with Crippen LogP contribution >= 0.6 is 0 Å². The molecule has 1 rings (SSSR count). The van der Waals surface area contributed by atoms with Crippen molar-refractivity contribution >= 4 is 6.47 Å². The zero-order valence-corrected chi connectivity index (χ0v) is 8.24. The van der Waals surface area contributed by atoms with E-state index in [1.165, 1.54) is 0 Å². The van der Waals surface area contributed by atoms with Gasteiger partial charge in [0, 0.05) is 6.42 Å². The molecule has 0 amide bonds. The Morgan fingerprint density at radius 2 is 2.07 bits per heavy atom. The summed E-state index contributed by atoms with van der Waals surface area (Å²) in [6, 6.07) is 9.31. The van der Waals surface area contributed by atoms with Crippen molar-refractivity contribution in [3.63, 3.8) is 0 Å². The quantitative estimate of drug-likeness (QED) is 0.542. The lowest BCUT2D eigenvalue weighted by Gasteiger charge is -2.09. The van der Waals surface area contributed by atoms with Gasteiger partial charge < -0.3 is 9.84 Å². The van der Waals surface area contributed by atoms with Gasteiger partial charge in [-0.05, 0) is 18.4 Å². The first-order valence-electron chi connectivity index (χ1n) is 4.63. The van der Waals surface area contributed by atoms with Crippen molar-refractivity contribution in [2.45, 2.75) is 6.10 Å². The van der Waals surface area contributed by atoms with Crippen LogP contribution in [0, 0.1) is 19.3 Å². The van der Waals surface area contributed by atoms with Crippen LogP contribution < -0.4 is 0 Å². The number of aliphatic hydroxyl groups excluding tert-OH is 1. The molecular formula is C12H13O3. The summed E-state index contributed by atoms with van der Waals surface area (Å²) in [7, 11) is 0. The van der Waals surface area contributed by atoms with Gasteiger partial charge >= 0.3 is 0 Å². The van der Waals surface area contributed by atoms with Crippen LogP contribution in [0.4, 0.5) is 0 Å². The highest BCUT2D eigenvalue weighted by Gasteiger charge is 2.06. The summed E-state index contributed by atoms with van der Waals surface area (Å²) in [5.41, 5.74) is 0.832. The predicted octanol–water partition coefficient (Wildman–Crippen LogP) is 1.51. The Morgan fingerprint density at radius 1 is 1.33 bits per heavy atom. The summed E-state index contributed by atoms with van der Waals surface area (Å²) >= 11 is 0. The van der Waals surface area contributed by atoms with Gasteiger partial charge in [-0.15, -0.1) is 0 Å². The molecule has 3 heteroatoms. The number of carbonyl (C=O) groups excluding carboxylic acids is 1. The zero-order valence-electron chi connectivity index (χ0n) is 8.24. The molecule has 0 aromatic heterocycles. The highest BCUT2D eigenvalue weighted by molar-refractivity contribution is 5.37. The van der Waals surface area contributed by atoms with Gasteiger partial charge in [0.15, 0.2) is 0 Å². The smallest absolute Gasteiger partial charge is 0.293 e. The molecule has 0 heterocycles. The Morgan fingerprint density at radius 3 is 2.73 bits per heavy atom. The second-order valence-corrected chi connectivity index (χ2v) is 2.91. The standard InChI is InChI=1S/C12H13O3/c13-10-15-9-5-4-8-12(14)11-6-2-1-3-7-11/h1-8,10,12,14H,9H2. The summed E-state index contributed by atoms with van der Waals surface area (Å²) in [5.74, 6) is 0. The molecule has 0 aliphatic carbocycles. The molecule has 3 nitrogen and oxygen atoms in total. The van der Waals surface area contributed by atoms with Crippen LogP contribution in [0.5, 0.6) is 0 Å². The molecule has 0 aliphatic heterocycles. The van der Waals surface area contributed by atoms with Gasteiger partial charge in [0.05, 0.1) is 12.7 Å². The van der Waals surface area contributed by atoms with Crippen LogP contribution in [-0.4, -0.2) is 18.2 Å². The van der Waals surface area contributed by atoms with Crippen LogP contribution in [0.1, 0.15) is 11.7 Å². The average molecular weight is 205 g/mol. The van der Waals surface area contributed by atoms with E-state index in [4.69, 9.17) is 0 Å². The normalized spacial score (nSPS) is 12.1. The fraction of sp³-hybridized carbons (Fsp3) is 0.167. The summed E-state index contributed by atoms with van der Waals surface area (Å²) in [4.78, 5) is 9.81. The van der Waals surface area contributed by atoms with E-state index in [1.54, 1.807) is 19.3 Å². The molecule has 3 radical (unpaired) electrons. The molecule has 0 saturated carbocycles. The van der Waals surface area contributed by atoms with Crippen LogP contribution in [0.3, 0.4) is 0 Å². The molecule has 0 fully saturated rings. The molecule has 0 aliphatic rings. The second-order valence-electron chi connectivity index (χ2n) is 2.91. The third-order valence-corrected chi connectivity index (χ3v) is 1.83. The third kappa shape index (κ3) is 4.61. The van der Waals surface area contributed by atoms with E-state index in [0.29, 0.717) is 6.47 Å². The highest BCUT2D eigenvalue weighted by atomic mass is 16.5. The number of hydrogen-bond acceptors (Lipinski definition) is 3. The summed E-state index contributed by atoms with van der Waals surface area (Å²) in [6.07, 6.45) is 4.32. The first-order chi connectivity index (χ1) is 7.34. The van der Waals surface area contributed by atoms with E-state index in [-0.39, 0.29) is 6.61 Å². The number of benzene rings is 1. The summed E-state index contributed by atoms with van der Waals surface area (Å²) in [6.45, 7) is 0.611. The lowest BCUT2D eigenvalue weighted by Crippen LogP contribution is -2.00. The Bertz CT molecular complexity index is 271. The summed E-state index contributed by atoms with van der Waals surface area (Å²) in [5, 5.41) is 9.66. The van der Waals surface area contributed by atoms with Gasteiger partial charge in [-0.3, -0.25) is 4.79 Å². The Kier molecular flexibility index (Phi) is 5.48. The molecule has 0 spiro atoms. The van der Waals surface area contributed by atoms with E-state index in [2.05, 4.69) is 4.74 Å². The number of hydrogen-bond donors (Lipinski definition) is 1. The van der Waals surface area contributed by atoms with Crippen molar-refractivity contribution in [1.82, 2.24) is 0 Å². The number of aliphatic hydroxyl groups is 1. The van der Waals surface area contributed by atoms with Gasteiger partial charge in [0.25, 0.3) is 6.47 Å². The Hall–Kier alpha value is -1.35. The van der Waals surface area contributed by atoms with Crippen molar-refractivity contribution in [1.29, 1.82) is 0 Å². The maximum Gasteiger partial charge on any atom is 0.293 e. The topological polar surface area (TPSA) is 46.5 Å². The minimum absolute atomic E-state index is 0.224. The van der Waals surface area contributed by atoms with Crippen LogP contribution in [-0.2, 0) is 9.53 Å². The third-order valence-electron chi connectivity index (χ3n) is 1.83. The maximum absolute atomic E-state index is 9.81. The van der Waals surface area contributed by atoms with Crippen molar-refractivity contribution in [3.8, 4) is 0 Å². The Labute approximate surface area is 89.7 Å². The number of rotatable bonds is 7. The largest absolute Gasteiger partial charge is 0.468 e. The van der Waals surface area contributed by atoms with Crippen LogP contribution in [0.25, 0.3) is 0 Å². The molecule has 1 atom stereocenters. The van der Waals surface area contributed by atoms with Gasteiger partial charge in [-0.25, -0.2) is 0 Å². The minimum atomic E-state index is -0.626. The zero-order chi connectivity index (χ0) is 10.9. The van der Waals surface area contributed by atoms with Gasteiger partial charge in [0.2, 0.25) is 0 Å². The Balaban J connectivity index is 2.19. The molecule has 15 heavy (non-hydrogen) atoms. The van der Waals surface area contributed by atoms with Gasteiger partial charge in [0.1, 0.15) is 0 Å². The maximum atomic E-state index is 9.81. The summed E-state index contributed by atoms with van der Waals surface area (Å²) < 4.78 is 4.45. The lowest BCUT2D eigenvalue weighted by molar-refractivity contribution is -0.127. The van der Waals surface area contributed by atoms with Crippen LogP contribution in [0.2, 0.25) is 0 Å². The van der Waals surface area contributed by atoms with E-state index in [1.807, 2.05) is 30.3 Å². The van der Waals surface area contributed by atoms with Crippen molar-refractivity contribution in [3.05, 3.63) is 55.2 Å². The predicted molar refractivity (Wildman–Crippen MR) is 56.3 cm³/mol. The van der Waals surface area contributed by atoms with Crippen molar-refractivity contribution in [2.24, 2.45) is 0 Å². The first kappa shape index (κ1) is 11.7. The molecule has 79 valence electrons. The molecule has 1 aromatic carbocycles. The molecule has 1 N–H and O–H groups in total. The van der Waals surface area contributed by atoms with E-state index in [9.17, 15) is 9.90 Å².